The number of rotatable bonds is 4. The average molecular weight is 283 g/mol. The van der Waals surface area contributed by atoms with Crippen LogP contribution in [0.25, 0.3) is 4.96 Å². The minimum Gasteiger partial charge on any atom is -0.480 e. The van der Waals surface area contributed by atoms with Crippen LogP contribution >= 0.6 is 11.3 Å². The van der Waals surface area contributed by atoms with Crippen molar-refractivity contribution in [3.8, 4) is 0 Å². The Morgan fingerprint density at radius 2 is 2.16 bits per heavy atom. The van der Waals surface area contributed by atoms with Crippen molar-refractivity contribution in [2.45, 2.75) is 26.0 Å². The van der Waals surface area contributed by atoms with E-state index in [1.165, 1.54) is 24.5 Å². The number of carboxylic acids is 1. The number of imidazole rings is 1. The van der Waals surface area contributed by atoms with Gasteiger partial charge in [0.15, 0.2) is 11.0 Å². The average Bonchev–Trinajstić information content (AvgIpc) is 2.81. The number of aliphatic hydroxyl groups is 1. The molecule has 2 atom stereocenters. The number of hydrogen-bond donors (Lipinski definition) is 3. The summed E-state index contributed by atoms with van der Waals surface area (Å²) >= 11 is 1.43. The minimum absolute atomic E-state index is 0.123. The van der Waals surface area contributed by atoms with Gasteiger partial charge in [-0.1, -0.05) is 0 Å². The summed E-state index contributed by atoms with van der Waals surface area (Å²) in [6, 6.07) is -1.35. The molecule has 0 bridgehead atoms. The molecule has 102 valence electrons. The van der Waals surface area contributed by atoms with E-state index in [1.807, 2.05) is 13.1 Å². The lowest BCUT2D eigenvalue weighted by Gasteiger charge is -2.15. The molecular formula is C11H13N3O4S. The normalized spacial score (nSPS) is 14.3. The van der Waals surface area contributed by atoms with Crippen molar-refractivity contribution in [1.29, 1.82) is 0 Å². The third-order valence-corrected chi connectivity index (χ3v) is 3.45. The lowest BCUT2D eigenvalue weighted by Crippen LogP contribution is -2.47. The second-order valence-corrected chi connectivity index (χ2v) is 5.40. The number of fused-ring (bicyclic) bond motifs is 1. The number of aliphatic carboxylic acids is 1. The van der Waals surface area contributed by atoms with E-state index in [2.05, 4.69) is 10.3 Å². The zero-order valence-electron chi connectivity index (χ0n) is 10.3. The van der Waals surface area contributed by atoms with Crippen molar-refractivity contribution in [1.82, 2.24) is 14.7 Å². The van der Waals surface area contributed by atoms with Gasteiger partial charge < -0.3 is 15.5 Å². The molecule has 0 aliphatic carbocycles. The van der Waals surface area contributed by atoms with E-state index in [0.29, 0.717) is 4.96 Å². The molecule has 7 nitrogen and oxygen atoms in total. The molecule has 2 rings (SSSR count). The van der Waals surface area contributed by atoms with Gasteiger partial charge in [0.2, 0.25) is 0 Å². The lowest BCUT2D eigenvalue weighted by atomic mass is 10.2. The van der Waals surface area contributed by atoms with Crippen molar-refractivity contribution in [2.75, 3.05) is 0 Å². The second kappa shape index (κ2) is 4.98. The summed E-state index contributed by atoms with van der Waals surface area (Å²) in [5.41, 5.74) is 0.123. The standard InChI is InChI=1S/C11H13N3O4S/c1-5-3-14-4-7(12-11(14)19-5)9(16)13-8(6(2)15)10(17)18/h3-4,6,8,15H,1-2H3,(H,13,16)(H,17,18). The van der Waals surface area contributed by atoms with Gasteiger partial charge in [-0.25, -0.2) is 9.78 Å². The second-order valence-electron chi connectivity index (χ2n) is 4.19. The third kappa shape index (κ3) is 2.74. The summed E-state index contributed by atoms with van der Waals surface area (Å²) in [4.78, 5) is 28.6. The van der Waals surface area contributed by atoms with Crippen LogP contribution in [0.5, 0.6) is 0 Å². The molecular weight excluding hydrogens is 270 g/mol. The molecule has 0 radical (unpaired) electrons. The lowest BCUT2D eigenvalue weighted by molar-refractivity contribution is -0.141. The molecule has 0 fully saturated rings. The number of aliphatic hydroxyl groups excluding tert-OH is 1. The molecule has 0 aromatic carbocycles. The number of carbonyl (C=O) groups excluding carboxylic acids is 1. The first kappa shape index (κ1) is 13.5. The number of aromatic nitrogens is 2. The van der Waals surface area contributed by atoms with E-state index in [4.69, 9.17) is 5.11 Å². The topological polar surface area (TPSA) is 104 Å². The zero-order valence-corrected chi connectivity index (χ0v) is 11.1. The Labute approximate surface area is 112 Å². The molecule has 2 heterocycles. The Hall–Kier alpha value is -1.93. The van der Waals surface area contributed by atoms with Crippen molar-refractivity contribution in [3.05, 3.63) is 23.0 Å². The van der Waals surface area contributed by atoms with Gasteiger partial charge in [0, 0.05) is 17.3 Å². The predicted octanol–water partition coefficient (Wildman–Crippen LogP) is 0.268. The molecule has 2 aromatic heterocycles. The summed E-state index contributed by atoms with van der Waals surface area (Å²) < 4.78 is 1.70. The smallest absolute Gasteiger partial charge is 0.328 e. The fourth-order valence-corrected chi connectivity index (χ4v) is 2.43. The fourth-order valence-electron chi connectivity index (χ4n) is 1.62. The highest BCUT2D eigenvalue weighted by Gasteiger charge is 2.26. The first-order chi connectivity index (χ1) is 8.88. The maximum atomic E-state index is 11.9. The van der Waals surface area contributed by atoms with Crippen LogP contribution < -0.4 is 5.32 Å². The number of aryl methyl sites for hydroxylation is 1. The van der Waals surface area contributed by atoms with Crippen molar-refractivity contribution < 1.29 is 19.8 Å². The fraction of sp³-hybridized carbons (Fsp3) is 0.364. The molecule has 8 heteroatoms. The van der Waals surface area contributed by atoms with Gasteiger partial charge in [0.25, 0.3) is 5.91 Å². The van der Waals surface area contributed by atoms with Gasteiger partial charge in [-0.05, 0) is 13.8 Å². The van der Waals surface area contributed by atoms with Gasteiger partial charge in [-0.3, -0.25) is 9.20 Å². The van der Waals surface area contributed by atoms with Crippen LogP contribution in [0.3, 0.4) is 0 Å². The Kier molecular flexibility index (Phi) is 3.54. The Morgan fingerprint density at radius 3 is 2.68 bits per heavy atom. The molecule has 1 amide bonds. The highest BCUT2D eigenvalue weighted by atomic mass is 32.1. The molecule has 2 unspecified atom stereocenters. The Balaban J connectivity index is 2.18. The summed E-state index contributed by atoms with van der Waals surface area (Å²) in [6.45, 7) is 3.22. The highest BCUT2D eigenvalue weighted by Crippen LogP contribution is 2.16. The molecule has 0 aliphatic heterocycles. The van der Waals surface area contributed by atoms with E-state index < -0.39 is 24.0 Å². The first-order valence-corrected chi connectivity index (χ1v) is 6.37. The van der Waals surface area contributed by atoms with E-state index in [0.717, 1.165) is 4.88 Å². The number of thiazole rings is 1. The molecule has 19 heavy (non-hydrogen) atoms. The number of amides is 1. The van der Waals surface area contributed by atoms with E-state index in [9.17, 15) is 14.7 Å². The van der Waals surface area contributed by atoms with Crippen LogP contribution in [-0.2, 0) is 4.79 Å². The zero-order chi connectivity index (χ0) is 14.2. The molecule has 0 aliphatic rings. The highest BCUT2D eigenvalue weighted by molar-refractivity contribution is 7.17. The summed E-state index contributed by atoms with van der Waals surface area (Å²) in [7, 11) is 0. The Morgan fingerprint density at radius 1 is 1.47 bits per heavy atom. The van der Waals surface area contributed by atoms with Crippen LogP contribution in [0.15, 0.2) is 12.4 Å². The van der Waals surface area contributed by atoms with Crippen molar-refractivity contribution in [3.63, 3.8) is 0 Å². The van der Waals surface area contributed by atoms with Gasteiger partial charge in [0.1, 0.15) is 5.69 Å². The van der Waals surface area contributed by atoms with E-state index in [1.54, 1.807) is 4.40 Å². The maximum absolute atomic E-state index is 11.9. The number of nitrogens with one attached hydrogen (secondary N) is 1. The van der Waals surface area contributed by atoms with Crippen LogP contribution in [-0.4, -0.2) is 43.6 Å². The third-order valence-electron chi connectivity index (χ3n) is 2.54. The monoisotopic (exact) mass is 283 g/mol. The number of carboxylic acid groups (broad SMARTS) is 1. The molecule has 0 saturated carbocycles. The van der Waals surface area contributed by atoms with Crippen LogP contribution in [0.4, 0.5) is 0 Å². The van der Waals surface area contributed by atoms with Crippen molar-refractivity contribution >= 4 is 28.2 Å². The first-order valence-electron chi connectivity index (χ1n) is 5.55. The Bertz CT molecular complexity index is 599. The maximum Gasteiger partial charge on any atom is 0.328 e. The quantitative estimate of drug-likeness (QED) is 0.747. The number of nitrogens with zero attached hydrogens (tertiary/aromatic N) is 2. The van der Waals surface area contributed by atoms with E-state index >= 15 is 0 Å². The van der Waals surface area contributed by atoms with Gasteiger partial charge in [0.05, 0.1) is 6.10 Å². The van der Waals surface area contributed by atoms with Crippen molar-refractivity contribution in [2.24, 2.45) is 0 Å². The van der Waals surface area contributed by atoms with Crippen LogP contribution in [0.2, 0.25) is 0 Å². The van der Waals surface area contributed by atoms with Gasteiger partial charge >= 0.3 is 5.97 Å². The van der Waals surface area contributed by atoms with Gasteiger partial charge in [-0.15, -0.1) is 11.3 Å². The summed E-state index contributed by atoms with van der Waals surface area (Å²) in [5.74, 6) is -1.91. The molecule has 0 spiro atoms. The molecule has 0 saturated heterocycles. The largest absolute Gasteiger partial charge is 0.480 e. The van der Waals surface area contributed by atoms with Crippen LogP contribution in [0, 0.1) is 6.92 Å². The number of carbonyl (C=O) groups is 2. The number of hydrogen-bond acceptors (Lipinski definition) is 5. The van der Waals surface area contributed by atoms with E-state index in [-0.39, 0.29) is 5.69 Å². The minimum atomic E-state index is -1.35. The van der Waals surface area contributed by atoms with Crippen LogP contribution in [0.1, 0.15) is 22.3 Å². The van der Waals surface area contributed by atoms with Gasteiger partial charge in [-0.2, -0.15) is 0 Å². The molecule has 2 aromatic rings. The SMILES string of the molecule is Cc1cn2cc(C(=O)NC(C(=O)O)C(C)O)nc2s1. The summed E-state index contributed by atoms with van der Waals surface area (Å²) in [5, 5.41) is 20.4. The predicted molar refractivity (Wildman–Crippen MR) is 68.4 cm³/mol. The summed E-state index contributed by atoms with van der Waals surface area (Å²) in [6.07, 6.45) is 2.16. The molecule has 3 N–H and O–H groups in total.